The molecule has 2 N–H and O–H groups in total. The number of hydrogen-bond donors (Lipinski definition) is 2. The summed E-state index contributed by atoms with van der Waals surface area (Å²) in [7, 11) is 0. The monoisotopic (exact) mass is 386 g/mol. The summed E-state index contributed by atoms with van der Waals surface area (Å²) in [5.74, 6) is 0.797. The first-order valence-corrected chi connectivity index (χ1v) is 9.49. The lowest BCUT2D eigenvalue weighted by Crippen LogP contribution is -2.26. The summed E-state index contributed by atoms with van der Waals surface area (Å²) in [6.07, 6.45) is 2.25. The van der Waals surface area contributed by atoms with Gasteiger partial charge in [0.15, 0.2) is 0 Å². The molecule has 0 saturated heterocycles. The van der Waals surface area contributed by atoms with Crippen LogP contribution < -0.4 is 15.4 Å². The average molecular weight is 387 g/mol. The van der Waals surface area contributed by atoms with Gasteiger partial charge in [-0.25, -0.2) is 0 Å². The number of carbonyl (C=O) groups is 2. The van der Waals surface area contributed by atoms with Crippen LogP contribution in [0.4, 0.5) is 5.69 Å². The van der Waals surface area contributed by atoms with Crippen molar-refractivity contribution in [1.82, 2.24) is 5.32 Å². The van der Waals surface area contributed by atoms with Gasteiger partial charge in [-0.15, -0.1) is 0 Å². The molecule has 3 rings (SSSR count). The molecule has 0 fully saturated rings. The topological polar surface area (TPSA) is 67.4 Å². The Bertz CT molecular complexity index is 838. The highest BCUT2D eigenvalue weighted by atomic mass is 35.5. The zero-order chi connectivity index (χ0) is 19.2. The van der Waals surface area contributed by atoms with Crippen LogP contribution in [0, 0.1) is 0 Å². The lowest BCUT2D eigenvalue weighted by atomic mass is 10.0. The molecule has 1 heterocycles. The van der Waals surface area contributed by atoms with Crippen molar-refractivity contribution >= 4 is 29.1 Å². The number of aryl methyl sites for hydroxylation is 1. The molecule has 0 radical (unpaired) electrons. The maximum Gasteiger partial charge on any atom is 0.224 e. The largest absolute Gasteiger partial charge is 0.494 e. The Morgan fingerprint density at radius 3 is 2.93 bits per heavy atom. The Labute approximate surface area is 164 Å². The molecule has 0 bridgehead atoms. The summed E-state index contributed by atoms with van der Waals surface area (Å²) < 4.78 is 5.74. The number of hydrogen-bond acceptors (Lipinski definition) is 3. The SMILES string of the molecule is CC(NC(=O)CCCOc1ccc2c(c1)CCC(=O)N2)c1cccc(Cl)c1. The van der Waals surface area contributed by atoms with Gasteiger partial charge in [-0.1, -0.05) is 23.7 Å². The fraction of sp³-hybridized carbons (Fsp3) is 0.333. The molecule has 2 aromatic rings. The van der Waals surface area contributed by atoms with E-state index in [1.54, 1.807) is 0 Å². The molecule has 2 aromatic carbocycles. The van der Waals surface area contributed by atoms with Gasteiger partial charge in [-0.3, -0.25) is 9.59 Å². The Morgan fingerprint density at radius 1 is 1.26 bits per heavy atom. The van der Waals surface area contributed by atoms with Crippen molar-refractivity contribution in [2.75, 3.05) is 11.9 Å². The zero-order valence-electron chi connectivity index (χ0n) is 15.3. The lowest BCUT2D eigenvalue weighted by molar-refractivity contribution is -0.122. The van der Waals surface area contributed by atoms with Crippen LogP contribution in [0.3, 0.4) is 0 Å². The lowest BCUT2D eigenvalue weighted by Gasteiger charge is -2.18. The molecule has 1 atom stereocenters. The van der Waals surface area contributed by atoms with Crippen molar-refractivity contribution in [2.24, 2.45) is 0 Å². The molecule has 1 unspecified atom stereocenters. The number of fused-ring (bicyclic) bond motifs is 1. The van der Waals surface area contributed by atoms with E-state index in [4.69, 9.17) is 16.3 Å². The van der Waals surface area contributed by atoms with Gasteiger partial charge in [0.2, 0.25) is 11.8 Å². The highest BCUT2D eigenvalue weighted by molar-refractivity contribution is 6.30. The van der Waals surface area contributed by atoms with Gasteiger partial charge in [0, 0.05) is 23.6 Å². The van der Waals surface area contributed by atoms with Gasteiger partial charge in [0.25, 0.3) is 0 Å². The van der Waals surface area contributed by atoms with Crippen molar-refractivity contribution in [1.29, 1.82) is 0 Å². The van der Waals surface area contributed by atoms with Crippen molar-refractivity contribution in [3.63, 3.8) is 0 Å². The molecule has 5 nitrogen and oxygen atoms in total. The maximum atomic E-state index is 12.1. The Morgan fingerprint density at radius 2 is 2.11 bits per heavy atom. The molecule has 0 aromatic heterocycles. The van der Waals surface area contributed by atoms with Crippen LogP contribution in [0.2, 0.25) is 5.02 Å². The molecule has 1 aliphatic heterocycles. The molecule has 0 spiro atoms. The van der Waals surface area contributed by atoms with E-state index in [9.17, 15) is 9.59 Å². The number of carbonyl (C=O) groups excluding carboxylic acids is 2. The number of ether oxygens (including phenoxy) is 1. The maximum absolute atomic E-state index is 12.1. The van der Waals surface area contributed by atoms with Crippen LogP contribution in [0.5, 0.6) is 5.75 Å². The third kappa shape index (κ3) is 5.47. The number of benzene rings is 2. The first kappa shape index (κ1) is 19.2. The van der Waals surface area contributed by atoms with Crippen LogP contribution in [0.25, 0.3) is 0 Å². The molecular weight excluding hydrogens is 364 g/mol. The Hall–Kier alpha value is -2.53. The van der Waals surface area contributed by atoms with E-state index in [1.165, 1.54) is 0 Å². The van der Waals surface area contributed by atoms with E-state index in [0.717, 1.165) is 29.0 Å². The molecule has 0 saturated carbocycles. The second-order valence-electron chi connectivity index (χ2n) is 6.66. The van der Waals surface area contributed by atoms with E-state index in [1.807, 2.05) is 49.4 Å². The molecule has 27 heavy (non-hydrogen) atoms. The Balaban J connectivity index is 1.41. The highest BCUT2D eigenvalue weighted by Gasteiger charge is 2.15. The average Bonchev–Trinajstić information content (AvgIpc) is 2.65. The number of anilines is 1. The molecule has 0 aliphatic carbocycles. The predicted molar refractivity (Wildman–Crippen MR) is 106 cm³/mol. The zero-order valence-corrected chi connectivity index (χ0v) is 16.0. The third-order valence-electron chi connectivity index (χ3n) is 4.52. The van der Waals surface area contributed by atoms with Crippen LogP contribution in [-0.4, -0.2) is 18.4 Å². The summed E-state index contributed by atoms with van der Waals surface area (Å²) in [6.45, 7) is 2.40. The molecule has 1 aliphatic rings. The molecule has 6 heteroatoms. The molecule has 142 valence electrons. The van der Waals surface area contributed by atoms with Crippen LogP contribution >= 0.6 is 11.6 Å². The minimum atomic E-state index is -0.0898. The van der Waals surface area contributed by atoms with Gasteiger partial charge in [0.1, 0.15) is 5.75 Å². The number of rotatable bonds is 7. The minimum absolute atomic E-state index is 0.0146. The van der Waals surface area contributed by atoms with E-state index in [0.29, 0.717) is 30.9 Å². The fourth-order valence-electron chi connectivity index (χ4n) is 3.05. The highest BCUT2D eigenvalue weighted by Crippen LogP contribution is 2.26. The smallest absolute Gasteiger partial charge is 0.224 e. The van der Waals surface area contributed by atoms with E-state index >= 15 is 0 Å². The summed E-state index contributed by atoms with van der Waals surface area (Å²) in [5, 5.41) is 6.48. The van der Waals surface area contributed by atoms with E-state index < -0.39 is 0 Å². The summed E-state index contributed by atoms with van der Waals surface area (Å²) in [4.78, 5) is 23.5. The van der Waals surface area contributed by atoms with Crippen molar-refractivity contribution in [3.8, 4) is 5.75 Å². The number of amides is 2. The fourth-order valence-corrected chi connectivity index (χ4v) is 3.24. The normalized spacial score (nSPS) is 14.1. The standard InChI is InChI=1S/C21H23ClN2O3/c1-14(15-4-2-5-17(22)12-15)23-20(25)6-3-11-27-18-8-9-19-16(13-18)7-10-21(26)24-19/h2,4-5,8-9,12-14H,3,6-7,10-11H2,1H3,(H,23,25)(H,24,26). The Kier molecular flexibility index (Phi) is 6.35. The molecular formula is C21H23ClN2O3. The first-order valence-electron chi connectivity index (χ1n) is 9.11. The predicted octanol–water partition coefficient (Wildman–Crippen LogP) is 4.26. The van der Waals surface area contributed by atoms with Crippen LogP contribution in [0.15, 0.2) is 42.5 Å². The van der Waals surface area contributed by atoms with Crippen LogP contribution in [-0.2, 0) is 16.0 Å². The van der Waals surface area contributed by atoms with Gasteiger partial charge in [-0.2, -0.15) is 0 Å². The van der Waals surface area contributed by atoms with Gasteiger partial charge < -0.3 is 15.4 Å². The summed E-state index contributed by atoms with van der Waals surface area (Å²) >= 11 is 5.99. The number of nitrogens with one attached hydrogen (secondary N) is 2. The first-order chi connectivity index (χ1) is 13.0. The summed E-state index contributed by atoms with van der Waals surface area (Å²) in [5.41, 5.74) is 2.92. The van der Waals surface area contributed by atoms with Crippen molar-refractivity contribution < 1.29 is 14.3 Å². The molecule has 2 amide bonds. The van der Waals surface area contributed by atoms with Gasteiger partial charge in [0.05, 0.1) is 12.6 Å². The van der Waals surface area contributed by atoms with E-state index in [-0.39, 0.29) is 17.9 Å². The van der Waals surface area contributed by atoms with Crippen LogP contribution in [0.1, 0.15) is 43.4 Å². The third-order valence-corrected chi connectivity index (χ3v) is 4.75. The van der Waals surface area contributed by atoms with E-state index in [2.05, 4.69) is 10.6 Å². The minimum Gasteiger partial charge on any atom is -0.494 e. The summed E-state index contributed by atoms with van der Waals surface area (Å²) in [6, 6.07) is 13.0. The second-order valence-corrected chi connectivity index (χ2v) is 7.10. The van der Waals surface area contributed by atoms with Gasteiger partial charge in [-0.05, 0) is 61.2 Å². The quantitative estimate of drug-likeness (QED) is 0.698. The van der Waals surface area contributed by atoms with Gasteiger partial charge >= 0.3 is 0 Å². The van der Waals surface area contributed by atoms with Crippen molar-refractivity contribution in [3.05, 3.63) is 58.6 Å². The van der Waals surface area contributed by atoms with Crippen molar-refractivity contribution in [2.45, 2.75) is 38.6 Å². The number of halogens is 1. The second kappa shape index (κ2) is 8.91.